The highest BCUT2D eigenvalue weighted by Crippen LogP contribution is 2.29. The summed E-state index contributed by atoms with van der Waals surface area (Å²) in [5.41, 5.74) is 5.76. The van der Waals surface area contributed by atoms with Gasteiger partial charge in [-0.25, -0.2) is 4.52 Å². The van der Waals surface area contributed by atoms with Crippen molar-refractivity contribution in [1.82, 2.24) is 9.61 Å². The minimum Gasteiger partial charge on any atom is -0.278 e. The Hall–Kier alpha value is -2.42. The molecule has 4 rings (SSSR count). The van der Waals surface area contributed by atoms with Gasteiger partial charge in [-0.3, -0.25) is 4.99 Å². The van der Waals surface area contributed by atoms with Crippen LogP contribution in [-0.2, 0) is 6.42 Å². The zero-order valence-electron chi connectivity index (χ0n) is 12.2. The van der Waals surface area contributed by atoms with Crippen molar-refractivity contribution in [3.63, 3.8) is 0 Å². The Morgan fingerprint density at radius 3 is 2.86 bits per heavy atom. The Balaban J connectivity index is 1.94. The van der Waals surface area contributed by atoms with Gasteiger partial charge >= 0.3 is 0 Å². The van der Waals surface area contributed by atoms with E-state index in [1.807, 2.05) is 23.0 Å². The van der Waals surface area contributed by atoms with Crippen LogP contribution in [-0.4, -0.2) is 20.9 Å². The maximum Gasteiger partial charge on any atom is 0.0745 e. The zero-order valence-corrected chi connectivity index (χ0v) is 12.2. The molecule has 3 nitrogen and oxygen atoms in total. The number of aliphatic imine (C=N–C) groups is 1. The van der Waals surface area contributed by atoms with E-state index in [0.29, 0.717) is 0 Å². The lowest BCUT2D eigenvalue weighted by atomic mass is 9.85. The van der Waals surface area contributed by atoms with Crippen LogP contribution in [0.4, 0.5) is 0 Å². The molecular weight excluding hydrogens is 258 g/mol. The molecule has 0 unspecified atom stereocenters. The maximum absolute atomic E-state index is 4.98. The lowest BCUT2D eigenvalue weighted by molar-refractivity contribution is 0.513. The zero-order chi connectivity index (χ0) is 14.4. The fraction of sp³-hybridized carbons (Fsp3) is 0.222. The van der Waals surface area contributed by atoms with E-state index in [9.17, 15) is 0 Å². The van der Waals surface area contributed by atoms with Crippen molar-refractivity contribution < 1.29 is 0 Å². The second-order valence-corrected chi connectivity index (χ2v) is 6.23. The van der Waals surface area contributed by atoms with Gasteiger partial charge in [0.15, 0.2) is 0 Å². The highest BCUT2D eigenvalue weighted by atomic mass is 15.2. The van der Waals surface area contributed by atoms with Crippen LogP contribution in [0.2, 0.25) is 0 Å². The number of nitrogens with zero attached hydrogens (tertiary/aromatic N) is 3. The van der Waals surface area contributed by atoms with Crippen LogP contribution in [0.5, 0.6) is 0 Å². The molecule has 0 amide bonds. The van der Waals surface area contributed by atoms with Gasteiger partial charge in [0.2, 0.25) is 0 Å². The summed E-state index contributed by atoms with van der Waals surface area (Å²) in [7, 11) is 0. The molecule has 0 aliphatic carbocycles. The fourth-order valence-corrected chi connectivity index (χ4v) is 3.05. The monoisotopic (exact) mass is 275 g/mol. The molecule has 3 aromatic rings. The van der Waals surface area contributed by atoms with E-state index in [2.05, 4.69) is 55.3 Å². The van der Waals surface area contributed by atoms with Gasteiger partial charge in [-0.2, -0.15) is 5.10 Å². The minimum absolute atomic E-state index is 0.0716. The van der Waals surface area contributed by atoms with Crippen LogP contribution in [0, 0.1) is 0 Å². The molecule has 0 atom stereocenters. The van der Waals surface area contributed by atoms with E-state index < -0.39 is 0 Å². The molecule has 0 bridgehead atoms. The number of fused-ring (bicyclic) bond motifs is 2. The molecule has 3 heterocycles. The van der Waals surface area contributed by atoms with E-state index in [-0.39, 0.29) is 5.54 Å². The van der Waals surface area contributed by atoms with Crippen LogP contribution >= 0.6 is 0 Å². The number of benzene rings is 1. The third-order valence-electron chi connectivity index (χ3n) is 3.97. The van der Waals surface area contributed by atoms with Gasteiger partial charge in [0.25, 0.3) is 0 Å². The number of hydrogen-bond acceptors (Lipinski definition) is 2. The van der Waals surface area contributed by atoms with Gasteiger partial charge in [-0.15, -0.1) is 0 Å². The number of aromatic nitrogens is 2. The molecule has 0 radical (unpaired) electrons. The van der Waals surface area contributed by atoms with Crippen molar-refractivity contribution in [2.24, 2.45) is 4.99 Å². The largest absolute Gasteiger partial charge is 0.278 e. The second kappa shape index (κ2) is 4.29. The van der Waals surface area contributed by atoms with Crippen LogP contribution < -0.4 is 0 Å². The first kappa shape index (κ1) is 12.3. The van der Waals surface area contributed by atoms with Crippen molar-refractivity contribution in [2.45, 2.75) is 25.8 Å². The van der Waals surface area contributed by atoms with E-state index in [1.165, 1.54) is 11.1 Å². The van der Waals surface area contributed by atoms with Gasteiger partial charge in [-0.1, -0.05) is 24.3 Å². The van der Waals surface area contributed by atoms with Gasteiger partial charge in [0, 0.05) is 17.3 Å². The Labute approximate surface area is 124 Å². The first-order chi connectivity index (χ1) is 10.1. The quantitative estimate of drug-likeness (QED) is 0.668. The standard InChI is InChI=1S/C18H17N3/c1-18(2)11-13-6-3-4-8-16(13)17(20-18)14-10-15-7-5-9-21(15)19-12-14/h3-10,12H,11H2,1-2H3. The van der Waals surface area contributed by atoms with Crippen LogP contribution in [0.15, 0.2) is 59.9 Å². The van der Waals surface area contributed by atoms with Gasteiger partial charge in [-0.05, 0) is 44.0 Å². The molecule has 3 heteroatoms. The van der Waals surface area contributed by atoms with E-state index in [4.69, 9.17) is 4.99 Å². The highest BCUT2D eigenvalue weighted by Gasteiger charge is 2.27. The summed E-state index contributed by atoms with van der Waals surface area (Å²) in [6, 6.07) is 14.8. The van der Waals surface area contributed by atoms with Gasteiger partial charge < -0.3 is 0 Å². The van der Waals surface area contributed by atoms with Gasteiger partial charge in [0.05, 0.1) is 23.0 Å². The molecular formula is C18H17N3. The molecule has 1 aromatic carbocycles. The molecule has 0 saturated carbocycles. The summed E-state index contributed by atoms with van der Waals surface area (Å²) in [5.74, 6) is 0. The summed E-state index contributed by atoms with van der Waals surface area (Å²) in [5, 5.41) is 4.47. The number of hydrogen-bond donors (Lipinski definition) is 0. The van der Waals surface area contributed by atoms with E-state index in [0.717, 1.165) is 23.2 Å². The van der Waals surface area contributed by atoms with Crippen LogP contribution in [0.25, 0.3) is 5.52 Å². The predicted octanol–water partition coefficient (Wildman–Crippen LogP) is 3.51. The van der Waals surface area contributed by atoms with Crippen LogP contribution in [0.1, 0.15) is 30.5 Å². The smallest absolute Gasteiger partial charge is 0.0745 e. The van der Waals surface area contributed by atoms with Crippen molar-refractivity contribution >= 4 is 11.2 Å². The maximum atomic E-state index is 4.98. The third-order valence-corrected chi connectivity index (χ3v) is 3.97. The Bertz CT molecular complexity index is 856. The Kier molecular flexibility index (Phi) is 2.52. The normalized spacial score (nSPS) is 16.6. The molecule has 0 fully saturated rings. The molecule has 1 aliphatic rings. The highest BCUT2D eigenvalue weighted by molar-refractivity contribution is 6.14. The molecule has 104 valence electrons. The lowest BCUT2D eigenvalue weighted by Gasteiger charge is -2.29. The summed E-state index contributed by atoms with van der Waals surface area (Å²) < 4.78 is 1.88. The molecule has 1 aliphatic heterocycles. The van der Waals surface area contributed by atoms with Crippen LogP contribution in [0.3, 0.4) is 0 Å². The first-order valence-corrected chi connectivity index (χ1v) is 7.24. The van der Waals surface area contributed by atoms with Crippen molar-refractivity contribution in [3.05, 3.63) is 71.5 Å². The molecule has 0 N–H and O–H groups in total. The first-order valence-electron chi connectivity index (χ1n) is 7.24. The van der Waals surface area contributed by atoms with E-state index in [1.54, 1.807) is 0 Å². The minimum atomic E-state index is -0.0716. The fourth-order valence-electron chi connectivity index (χ4n) is 3.05. The lowest BCUT2D eigenvalue weighted by Crippen LogP contribution is -2.29. The summed E-state index contributed by atoms with van der Waals surface area (Å²) in [4.78, 5) is 4.98. The Morgan fingerprint density at radius 1 is 1.10 bits per heavy atom. The van der Waals surface area contributed by atoms with Crippen molar-refractivity contribution in [1.29, 1.82) is 0 Å². The topological polar surface area (TPSA) is 29.7 Å². The summed E-state index contributed by atoms with van der Waals surface area (Å²) in [6.07, 6.45) is 4.84. The average molecular weight is 275 g/mol. The van der Waals surface area contributed by atoms with Crippen molar-refractivity contribution in [2.75, 3.05) is 0 Å². The average Bonchev–Trinajstić information content (AvgIpc) is 2.92. The SMILES string of the molecule is CC1(C)Cc2ccccc2C(c2cnn3cccc3c2)=N1. The van der Waals surface area contributed by atoms with E-state index >= 15 is 0 Å². The molecule has 0 saturated heterocycles. The van der Waals surface area contributed by atoms with Crippen molar-refractivity contribution in [3.8, 4) is 0 Å². The second-order valence-electron chi connectivity index (χ2n) is 6.23. The molecule has 21 heavy (non-hydrogen) atoms. The third kappa shape index (κ3) is 2.05. The molecule has 2 aromatic heterocycles. The Morgan fingerprint density at radius 2 is 1.95 bits per heavy atom. The predicted molar refractivity (Wildman–Crippen MR) is 85.1 cm³/mol. The van der Waals surface area contributed by atoms with Gasteiger partial charge in [0.1, 0.15) is 0 Å². The summed E-state index contributed by atoms with van der Waals surface area (Å²) >= 11 is 0. The number of rotatable bonds is 1. The molecule has 0 spiro atoms. The summed E-state index contributed by atoms with van der Waals surface area (Å²) in [6.45, 7) is 4.37.